The molecule has 4 rings (SSSR count). The van der Waals surface area contributed by atoms with Crippen molar-refractivity contribution in [2.24, 2.45) is 10.7 Å². The van der Waals surface area contributed by atoms with Crippen molar-refractivity contribution in [3.8, 4) is 17.7 Å². The van der Waals surface area contributed by atoms with Crippen LogP contribution in [-0.4, -0.2) is 40.5 Å². The lowest BCUT2D eigenvalue weighted by molar-refractivity contribution is 0.342. The largest absolute Gasteiger partial charge is 0.463 e. The lowest BCUT2D eigenvalue weighted by Gasteiger charge is -2.48. The van der Waals surface area contributed by atoms with Crippen LogP contribution in [0.25, 0.3) is 11.9 Å². The predicted molar refractivity (Wildman–Crippen MR) is 129 cm³/mol. The van der Waals surface area contributed by atoms with Crippen LogP contribution < -0.4 is 10.5 Å². The molecule has 0 unspecified atom stereocenters. The first-order chi connectivity index (χ1) is 15.6. The van der Waals surface area contributed by atoms with E-state index in [2.05, 4.69) is 26.8 Å². The summed E-state index contributed by atoms with van der Waals surface area (Å²) in [5.74, 6) is 5.16. The summed E-state index contributed by atoms with van der Waals surface area (Å²) >= 11 is 1.08. The number of benzene rings is 1. The Kier molecular flexibility index (Phi) is 5.97. The number of aromatic nitrogens is 2. The van der Waals surface area contributed by atoms with Gasteiger partial charge >= 0.3 is 0 Å². The number of halogens is 1. The van der Waals surface area contributed by atoms with Gasteiger partial charge in [-0.05, 0) is 42.7 Å². The number of amidine groups is 1. The summed E-state index contributed by atoms with van der Waals surface area (Å²) < 4.78 is 44.0. The minimum Gasteiger partial charge on any atom is -0.463 e. The number of ether oxygens (including phenoxy) is 1. The van der Waals surface area contributed by atoms with E-state index in [4.69, 9.17) is 10.5 Å². The van der Waals surface area contributed by atoms with E-state index in [1.165, 1.54) is 24.7 Å². The fourth-order valence-electron chi connectivity index (χ4n) is 4.02. The van der Waals surface area contributed by atoms with Crippen molar-refractivity contribution in [2.75, 3.05) is 12.9 Å². The Labute approximate surface area is 196 Å². The zero-order valence-electron chi connectivity index (χ0n) is 18.4. The number of sulfone groups is 1. The van der Waals surface area contributed by atoms with Gasteiger partial charge in [0.1, 0.15) is 9.77 Å². The van der Waals surface area contributed by atoms with Gasteiger partial charge in [0.05, 0.1) is 17.9 Å². The van der Waals surface area contributed by atoms with Crippen LogP contribution in [0, 0.1) is 11.8 Å². The molecule has 2 atom stereocenters. The second-order valence-corrected chi connectivity index (χ2v) is 12.4. The Morgan fingerprint density at radius 3 is 2.82 bits per heavy atom. The summed E-state index contributed by atoms with van der Waals surface area (Å²) in [5, 5.41) is 0.245. The van der Waals surface area contributed by atoms with Gasteiger partial charge in [0.15, 0.2) is 27.4 Å². The zero-order valence-corrected chi connectivity index (χ0v) is 20.1. The molecular weight excluding hydrogens is 463 g/mol. The Morgan fingerprint density at radius 2 is 2.15 bits per heavy atom. The highest BCUT2D eigenvalue weighted by Crippen LogP contribution is 2.55. The maximum absolute atomic E-state index is 14.8. The smallest absolute Gasteiger partial charge is 0.233 e. The lowest BCUT2D eigenvalue weighted by Crippen LogP contribution is -2.50. The number of rotatable bonds is 5. The molecule has 1 aliphatic heterocycles. The van der Waals surface area contributed by atoms with Gasteiger partial charge in [0.25, 0.3) is 0 Å². The maximum atomic E-state index is 14.8. The molecule has 0 radical (unpaired) electrons. The van der Waals surface area contributed by atoms with E-state index in [1.807, 2.05) is 12.1 Å². The molecular formula is C23H23FN4O3S2. The molecule has 1 aromatic heterocycles. The van der Waals surface area contributed by atoms with E-state index in [0.29, 0.717) is 18.4 Å². The number of fused-ring (bicyclic) bond motifs is 2. The summed E-state index contributed by atoms with van der Waals surface area (Å²) in [4.78, 5) is 12.7. The Balaban J connectivity index is 1.60. The van der Waals surface area contributed by atoms with Gasteiger partial charge in [-0.2, -0.15) is 0 Å². The molecule has 1 aliphatic carbocycles. The summed E-state index contributed by atoms with van der Waals surface area (Å²) in [5.41, 5.74) is 7.91. The second-order valence-electron chi connectivity index (χ2n) is 8.21. The van der Waals surface area contributed by atoms with Gasteiger partial charge in [-0.15, -0.1) is 5.92 Å². The van der Waals surface area contributed by atoms with Crippen LogP contribution in [0.3, 0.4) is 0 Å². The maximum Gasteiger partial charge on any atom is 0.233 e. The molecule has 2 heterocycles. The molecule has 2 aliphatic rings. The molecule has 0 saturated carbocycles. The summed E-state index contributed by atoms with van der Waals surface area (Å²) in [6.07, 6.45) is 6.12. The van der Waals surface area contributed by atoms with Gasteiger partial charge in [-0.25, -0.2) is 22.8 Å². The quantitative estimate of drug-likeness (QED) is 0.646. The molecule has 1 aromatic carbocycles. The van der Waals surface area contributed by atoms with Crippen molar-refractivity contribution in [3.63, 3.8) is 0 Å². The van der Waals surface area contributed by atoms with Gasteiger partial charge < -0.3 is 10.5 Å². The van der Waals surface area contributed by atoms with Crippen LogP contribution in [-0.2, 0) is 21.8 Å². The molecule has 0 amide bonds. The van der Waals surface area contributed by atoms with Crippen LogP contribution in [0.2, 0.25) is 0 Å². The van der Waals surface area contributed by atoms with E-state index in [-0.39, 0.29) is 23.3 Å². The molecule has 0 bridgehead atoms. The standard InChI is InChI=1S/C23H23FN4O3S2/c1-4-5-8-31-20-13-26-19(12-27-20)18(24)10-15-6-7-16-11-23(17(16)9-15)14-22(2,33(3,29)30)32-21(25)28-23/h6-7,9-10,12-13H,8,11,14H2,1-3H3,(H2,25,28)/b18-10-/t22-,23-/m0/s1. The Hall–Kier alpha value is -2.90. The molecule has 2 N–H and O–H groups in total. The number of hydrogen-bond acceptors (Lipinski definition) is 8. The molecule has 0 saturated heterocycles. The van der Waals surface area contributed by atoms with Crippen LogP contribution in [0.4, 0.5) is 4.39 Å². The zero-order chi connectivity index (χ0) is 23.9. The van der Waals surface area contributed by atoms with Gasteiger partial charge in [-0.1, -0.05) is 29.8 Å². The molecule has 7 nitrogen and oxygen atoms in total. The molecule has 172 valence electrons. The van der Waals surface area contributed by atoms with E-state index < -0.39 is 25.3 Å². The van der Waals surface area contributed by atoms with E-state index in [0.717, 1.165) is 22.9 Å². The first-order valence-electron chi connectivity index (χ1n) is 10.1. The fourth-order valence-corrected chi connectivity index (χ4v) is 6.35. The van der Waals surface area contributed by atoms with Crippen molar-refractivity contribution < 1.29 is 17.5 Å². The number of nitrogens with zero attached hydrogens (tertiary/aromatic N) is 3. The topological polar surface area (TPSA) is 108 Å². The molecule has 2 aromatic rings. The predicted octanol–water partition coefficient (Wildman–Crippen LogP) is 3.31. The monoisotopic (exact) mass is 486 g/mol. The molecule has 10 heteroatoms. The Morgan fingerprint density at radius 1 is 1.36 bits per heavy atom. The minimum absolute atomic E-state index is 0.0716. The first-order valence-corrected chi connectivity index (χ1v) is 12.9. The highest BCUT2D eigenvalue weighted by molar-refractivity contribution is 8.23. The Bertz CT molecular complexity index is 1330. The summed E-state index contributed by atoms with van der Waals surface area (Å²) in [6.45, 7) is 3.57. The molecule has 0 fully saturated rings. The van der Waals surface area contributed by atoms with Crippen molar-refractivity contribution >= 4 is 38.7 Å². The fraction of sp³-hybridized carbons (Fsp3) is 0.348. The van der Waals surface area contributed by atoms with E-state index in [9.17, 15) is 12.8 Å². The third-order valence-electron chi connectivity index (χ3n) is 5.80. The average molecular weight is 487 g/mol. The number of aliphatic imine (C=N–C) groups is 1. The molecule has 1 spiro atoms. The summed E-state index contributed by atoms with van der Waals surface area (Å²) in [7, 11) is -3.39. The lowest BCUT2D eigenvalue weighted by atomic mass is 9.68. The van der Waals surface area contributed by atoms with E-state index in [1.54, 1.807) is 19.9 Å². The third-order valence-corrected chi connectivity index (χ3v) is 9.54. The van der Waals surface area contributed by atoms with Gasteiger partial charge in [0, 0.05) is 19.1 Å². The first kappa shape index (κ1) is 23.3. The van der Waals surface area contributed by atoms with Crippen molar-refractivity contribution in [1.29, 1.82) is 0 Å². The van der Waals surface area contributed by atoms with Crippen LogP contribution in [0.1, 0.15) is 42.7 Å². The van der Waals surface area contributed by atoms with Crippen LogP contribution >= 0.6 is 11.8 Å². The third kappa shape index (κ3) is 4.48. The van der Waals surface area contributed by atoms with Crippen LogP contribution in [0.5, 0.6) is 5.88 Å². The summed E-state index contributed by atoms with van der Waals surface area (Å²) in [6, 6.07) is 5.55. The number of nitrogens with two attached hydrogens (primary N) is 1. The number of thioether (sulfide) groups is 1. The number of hydrogen-bond donors (Lipinski definition) is 1. The average Bonchev–Trinajstić information content (AvgIpc) is 2.73. The van der Waals surface area contributed by atoms with Crippen molar-refractivity contribution in [1.82, 2.24) is 9.97 Å². The normalized spacial score (nSPS) is 24.2. The highest BCUT2D eigenvalue weighted by Gasteiger charge is 2.54. The van der Waals surface area contributed by atoms with E-state index >= 15 is 0 Å². The highest BCUT2D eigenvalue weighted by atomic mass is 32.3. The van der Waals surface area contributed by atoms with Gasteiger partial charge in [0.2, 0.25) is 5.88 Å². The second kappa shape index (κ2) is 8.47. The van der Waals surface area contributed by atoms with Crippen LogP contribution in [0.15, 0.2) is 35.6 Å². The van der Waals surface area contributed by atoms with Crippen molar-refractivity contribution in [3.05, 3.63) is 53.0 Å². The minimum atomic E-state index is -3.39. The van der Waals surface area contributed by atoms with Gasteiger partial charge in [-0.3, -0.25) is 4.99 Å². The SMILES string of the molecule is CC#CCOc1cnc(/C(F)=C/c2ccc3c(c2)[C@]2(C3)C[C@](C)(S(C)(=O)=O)SC(N)=N2)cn1. The molecule has 33 heavy (non-hydrogen) atoms. The van der Waals surface area contributed by atoms with Crippen molar-refractivity contribution in [2.45, 2.75) is 36.3 Å².